The van der Waals surface area contributed by atoms with Gasteiger partial charge in [-0.1, -0.05) is 13.8 Å². The molecule has 0 unspecified atom stereocenters. The molecule has 5 heteroatoms. The summed E-state index contributed by atoms with van der Waals surface area (Å²) in [5, 5.41) is 6.18. The van der Waals surface area contributed by atoms with Crippen LogP contribution in [-0.4, -0.2) is 34.6 Å². The average molecular weight is 238 g/mol. The Balaban J connectivity index is 1.98. The molecular formula is C12H22N4O. The lowest BCUT2D eigenvalue weighted by molar-refractivity contribution is -0.121. The highest BCUT2D eigenvalue weighted by atomic mass is 16.1. The maximum atomic E-state index is 11.5. The highest BCUT2D eigenvalue weighted by Gasteiger charge is 2.00. The maximum Gasteiger partial charge on any atom is 0.220 e. The Hall–Kier alpha value is -1.36. The van der Waals surface area contributed by atoms with Gasteiger partial charge < -0.3 is 15.2 Å². The number of imidazole rings is 1. The number of nitrogens with zero attached hydrogens (tertiary/aromatic N) is 2. The Labute approximate surface area is 103 Å². The molecule has 0 radical (unpaired) electrons. The molecule has 1 heterocycles. The number of hydrogen-bond donors (Lipinski definition) is 2. The van der Waals surface area contributed by atoms with Gasteiger partial charge in [0.15, 0.2) is 0 Å². The van der Waals surface area contributed by atoms with Crippen molar-refractivity contribution < 1.29 is 4.79 Å². The van der Waals surface area contributed by atoms with E-state index >= 15 is 0 Å². The van der Waals surface area contributed by atoms with Crippen LogP contribution in [-0.2, 0) is 11.3 Å². The van der Waals surface area contributed by atoms with Crippen LogP contribution in [0.1, 0.15) is 26.7 Å². The van der Waals surface area contributed by atoms with Crippen LogP contribution in [0.5, 0.6) is 0 Å². The fourth-order valence-corrected chi connectivity index (χ4v) is 1.47. The summed E-state index contributed by atoms with van der Waals surface area (Å²) >= 11 is 0. The second kappa shape index (κ2) is 7.84. The van der Waals surface area contributed by atoms with Crippen molar-refractivity contribution in [3.63, 3.8) is 0 Å². The number of rotatable bonds is 8. The van der Waals surface area contributed by atoms with Crippen LogP contribution in [0.25, 0.3) is 0 Å². The van der Waals surface area contributed by atoms with Crippen LogP contribution in [0.4, 0.5) is 0 Å². The van der Waals surface area contributed by atoms with Gasteiger partial charge in [0.05, 0.1) is 6.33 Å². The lowest BCUT2D eigenvalue weighted by Gasteiger charge is -2.08. The third kappa shape index (κ3) is 6.73. The van der Waals surface area contributed by atoms with Crippen molar-refractivity contribution in [3.05, 3.63) is 18.7 Å². The molecule has 1 rings (SSSR count). The lowest BCUT2D eigenvalue weighted by Crippen LogP contribution is -2.29. The summed E-state index contributed by atoms with van der Waals surface area (Å²) in [6, 6.07) is 0.485. The second-order valence-corrected chi connectivity index (χ2v) is 4.36. The van der Waals surface area contributed by atoms with E-state index in [1.165, 1.54) is 0 Å². The fraction of sp³-hybridized carbons (Fsp3) is 0.667. The molecule has 0 aliphatic heterocycles. The Morgan fingerprint density at radius 1 is 1.41 bits per heavy atom. The Bertz CT molecular complexity index is 308. The van der Waals surface area contributed by atoms with E-state index in [-0.39, 0.29) is 5.91 Å². The van der Waals surface area contributed by atoms with Gasteiger partial charge in [-0.2, -0.15) is 0 Å². The van der Waals surface area contributed by atoms with E-state index in [1.54, 1.807) is 12.5 Å². The van der Waals surface area contributed by atoms with Crippen molar-refractivity contribution in [2.45, 2.75) is 39.3 Å². The molecule has 0 saturated carbocycles. The zero-order valence-electron chi connectivity index (χ0n) is 10.6. The minimum Gasteiger partial charge on any atom is -0.354 e. The average Bonchev–Trinajstić information content (AvgIpc) is 2.77. The molecule has 0 atom stereocenters. The topological polar surface area (TPSA) is 59.0 Å². The maximum absolute atomic E-state index is 11.5. The zero-order valence-corrected chi connectivity index (χ0v) is 10.6. The first-order valence-corrected chi connectivity index (χ1v) is 6.14. The Morgan fingerprint density at radius 3 is 2.88 bits per heavy atom. The molecule has 0 saturated heterocycles. The van der Waals surface area contributed by atoms with E-state index in [4.69, 9.17) is 0 Å². The molecule has 5 nitrogen and oxygen atoms in total. The molecular weight excluding hydrogens is 216 g/mol. The van der Waals surface area contributed by atoms with Crippen LogP contribution in [0.3, 0.4) is 0 Å². The van der Waals surface area contributed by atoms with Crippen LogP contribution < -0.4 is 10.6 Å². The molecule has 0 aliphatic carbocycles. The molecule has 2 N–H and O–H groups in total. The zero-order chi connectivity index (χ0) is 12.5. The summed E-state index contributed by atoms with van der Waals surface area (Å²) in [5.41, 5.74) is 0. The minimum absolute atomic E-state index is 0.121. The van der Waals surface area contributed by atoms with Crippen LogP contribution in [0.2, 0.25) is 0 Å². The first-order valence-electron chi connectivity index (χ1n) is 6.14. The molecule has 17 heavy (non-hydrogen) atoms. The van der Waals surface area contributed by atoms with Crippen molar-refractivity contribution in [1.29, 1.82) is 0 Å². The molecule has 0 aromatic carbocycles. The van der Waals surface area contributed by atoms with Crippen molar-refractivity contribution in [1.82, 2.24) is 20.2 Å². The van der Waals surface area contributed by atoms with Gasteiger partial charge in [0, 0.05) is 37.9 Å². The van der Waals surface area contributed by atoms with E-state index in [2.05, 4.69) is 29.5 Å². The summed E-state index contributed by atoms with van der Waals surface area (Å²) < 4.78 is 1.95. The Morgan fingerprint density at radius 2 is 2.24 bits per heavy atom. The lowest BCUT2D eigenvalue weighted by atomic mass is 10.2. The van der Waals surface area contributed by atoms with Crippen molar-refractivity contribution in [3.8, 4) is 0 Å². The van der Waals surface area contributed by atoms with Gasteiger partial charge in [-0.05, 0) is 13.0 Å². The third-order valence-electron chi connectivity index (χ3n) is 2.38. The van der Waals surface area contributed by atoms with Gasteiger partial charge in [-0.25, -0.2) is 4.98 Å². The number of nitrogens with one attached hydrogen (secondary N) is 2. The van der Waals surface area contributed by atoms with E-state index in [9.17, 15) is 4.79 Å². The Kier molecular flexibility index (Phi) is 6.32. The van der Waals surface area contributed by atoms with Crippen molar-refractivity contribution in [2.75, 3.05) is 13.1 Å². The fourth-order valence-electron chi connectivity index (χ4n) is 1.47. The SMILES string of the molecule is CC(C)NCCCC(=O)NCCn1ccnc1. The summed E-state index contributed by atoms with van der Waals surface area (Å²) in [7, 11) is 0. The molecule has 1 amide bonds. The van der Waals surface area contributed by atoms with E-state index in [0.717, 1.165) is 19.5 Å². The number of carbonyl (C=O) groups excluding carboxylic acids is 1. The first kappa shape index (κ1) is 13.7. The molecule has 0 aliphatic rings. The van der Waals surface area contributed by atoms with Gasteiger partial charge in [0.2, 0.25) is 5.91 Å². The monoisotopic (exact) mass is 238 g/mol. The van der Waals surface area contributed by atoms with E-state index in [0.29, 0.717) is 19.0 Å². The number of hydrogen-bond acceptors (Lipinski definition) is 3. The summed E-state index contributed by atoms with van der Waals surface area (Å²) in [6.07, 6.45) is 6.84. The van der Waals surface area contributed by atoms with Gasteiger partial charge >= 0.3 is 0 Å². The predicted octanol–water partition coefficient (Wildman–Crippen LogP) is 0.777. The van der Waals surface area contributed by atoms with E-state index < -0.39 is 0 Å². The van der Waals surface area contributed by atoms with Gasteiger partial charge in [-0.15, -0.1) is 0 Å². The molecule has 0 spiro atoms. The van der Waals surface area contributed by atoms with Crippen LogP contribution in [0, 0.1) is 0 Å². The van der Waals surface area contributed by atoms with Gasteiger partial charge in [-0.3, -0.25) is 4.79 Å². The third-order valence-corrected chi connectivity index (χ3v) is 2.38. The minimum atomic E-state index is 0.121. The molecule has 1 aromatic heterocycles. The summed E-state index contributed by atoms with van der Waals surface area (Å²) in [6.45, 7) is 6.53. The van der Waals surface area contributed by atoms with Gasteiger partial charge in [0.25, 0.3) is 0 Å². The molecule has 1 aromatic rings. The molecule has 0 bridgehead atoms. The standard InChI is InChI=1S/C12H22N4O/c1-11(2)14-5-3-4-12(17)15-7-9-16-8-6-13-10-16/h6,8,10-11,14H,3-5,7,9H2,1-2H3,(H,15,17). The van der Waals surface area contributed by atoms with Gasteiger partial charge in [0.1, 0.15) is 0 Å². The predicted molar refractivity (Wildman–Crippen MR) is 67.6 cm³/mol. The van der Waals surface area contributed by atoms with E-state index in [1.807, 2.05) is 10.8 Å². The number of carbonyl (C=O) groups is 1. The van der Waals surface area contributed by atoms with Crippen molar-refractivity contribution in [2.24, 2.45) is 0 Å². The summed E-state index contributed by atoms with van der Waals surface area (Å²) in [4.78, 5) is 15.4. The van der Waals surface area contributed by atoms with Crippen LogP contribution in [0.15, 0.2) is 18.7 Å². The van der Waals surface area contributed by atoms with Crippen molar-refractivity contribution >= 4 is 5.91 Å². The highest BCUT2D eigenvalue weighted by molar-refractivity contribution is 5.75. The largest absolute Gasteiger partial charge is 0.354 e. The normalized spacial score (nSPS) is 10.8. The quantitative estimate of drug-likeness (QED) is 0.658. The highest BCUT2D eigenvalue weighted by Crippen LogP contribution is 1.89. The smallest absolute Gasteiger partial charge is 0.220 e. The molecule has 0 fully saturated rings. The van der Waals surface area contributed by atoms with Crippen LogP contribution >= 0.6 is 0 Å². The number of amides is 1. The summed E-state index contributed by atoms with van der Waals surface area (Å²) in [5.74, 6) is 0.121. The number of aromatic nitrogens is 2. The molecule has 96 valence electrons. The second-order valence-electron chi connectivity index (χ2n) is 4.36. The first-order chi connectivity index (χ1) is 8.18.